The number of nitrogens with zero attached hydrogens (tertiary/aromatic N) is 4. The number of aromatic nitrogens is 2. The first-order valence-electron chi connectivity index (χ1n) is 18.9. The number of benzene rings is 5. The summed E-state index contributed by atoms with van der Waals surface area (Å²) in [6.07, 6.45) is 1.53. The lowest BCUT2D eigenvalue weighted by Crippen LogP contribution is -2.40. The molecule has 286 valence electrons. The quantitative estimate of drug-likeness (QED) is 0.122. The van der Waals surface area contributed by atoms with E-state index in [1.807, 2.05) is 103 Å². The summed E-state index contributed by atoms with van der Waals surface area (Å²) in [4.78, 5) is 39.6. The lowest BCUT2D eigenvalue weighted by Gasteiger charge is -2.26. The molecule has 5 aromatic carbocycles. The van der Waals surface area contributed by atoms with E-state index in [1.165, 1.54) is 22.4 Å². The number of rotatable bonds is 11. The van der Waals surface area contributed by atoms with Crippen molar-refractivity contribution in [3.05, 3.63) is 190 Å². The highest BCUT2D eigenvalue weighted by Crippen LogP contribution is 2.35. The van der Waals surface area contributed by atoms with E-state index in [0.29, 0.717) is 11.4 Å². The zero-order valence-electron chi connectivity index (χ0n) is 32.3. The minimum absolute atomic E-state index is 0.0384. The molecular formula is C48H44N4O5. The van der Waals surface area contributed by atoms with E-state index in [9.17, 15) is 9.59 Å². The molecule has 57 heavy (non-hydrogen) atoms. The van der Waals surface area contributed by atoms with Crippen molar-refractivity contribution in [2.75, 3.05) is 6.54 Å². The summed E-state index contributed by atoms with van der Waals surface area (Å²) in [6.45, 7) is 6.05. The average Bonchev–Trinajstić information content (AvgIpc) is 3.55. The lowest BCUT2D eigenvalue weighted by atomic mass is 10.0. The second-order valence-corrected chi connectivity index (χ2v) is 14.8. The summed E-state index contributed by atoms with van der Waals surface area (Å²) < 4.78 is 18.2. The van der Waals surface area contributed by atoms with Crippen LogP contribution in [0.4, 0.5) is 9.59 Å². The molecule has 2 heterocycles. The van der Waals surface area contributed by atoms with Crippen LogP contribution in [0.3, 0.4) is 0 Å². The fourth-order valence-corrected chi connectivity index (χ4v) is 6.42. The van der Waals surface area contributed by atoms with Gasteiger partial charge in [-0.3, -0.25) is 0 Å². The van der Waals surface area contributed by atoms with Gasteiger partial charge in [-0.25, -0.2) is 19.5 Å². The molecular weight excluding hydrogens is 713 g/mol. The summed E-state index contributed by atoms with van der Waals surface area (Å²) in [6, 6.07) is 44.6. The number of carbonyl (C=O) groups excluding carboxylic acids is 2. The maximum absolute atomic E-state index is 14.2. The van der Waals surface area contributed by atoms with Crippen molar-refractivity contribution in [3.63, 3.8) is 0 Å². The highest BCUT2D eigenvalue weighted by Gasteiger charge is 2.44. The fraction of sp³-hybridized carbons (Fsp3) is 0.208. The lowest BCUT2D eigenvalue weighted by molar-refractivity contribution is 0.0295. The van der Waals surface area contributed by atoms with Crippen LogP contribution in [0.15, 0.2) is 146 Å². The number of urea groups is 1. The van der Waals surface area contributed by atoms with Gasteiger partial charge >= 0.3 is 12.1 Å². The molecule has 0 bridgehead atoms. The van der Waals surface area contributed by atoms with E-state index >= 15 is 0 Å². The molecule has 1 atom stereocenters. The van der Waals surface area contributed by atoms with Gasteiger partial charge in [-0.1, -0.05) is 127 Å². The van der Waals surface area contributed by atoms with Crippen LogP contribution >= 0.6 is 0 Å². The first-order chi connectivity index (χ1) is 27.7. The van der Waals surface area contributed by atoms with Crippen molar-refractivity contribution in [2.45, 2.75) is 58.6 Å². The van der Waals surface area contributed by atoms with Crippen LogP contribution in [0, 0.1) is 11.8 Å². The van der Waals surface area contributed by atoms with Crippen LogP contribution < -0.4 is 9.47 Å². The Morgan fingerprint density at radius 1 is 0.684 bits per heavy atom. The third-order valence-electron chi connectivity index (χ3n) is 9.25. The SMILES string of the molecule is CC(C)(C)OC(=O)N1C(=O)N(Cc2ncnc(OCc3ccccc3)c2OCc2ccccc2)CC1c1ccc(C#Cc2ccc(Cc3ccccc3)cc2)cc1. The largest absolute Gasteiger partial charge is 0.482 e. The van der Waals surface area contributed by atoms with Crippen molar-refractivity contribution in [1.82, 2.24) is 19.8 Å². The van der Waals surface area contributed by atoms with Gasteiger partial charge in [0, 0.05) is 17.7 Å². The minimum Gasteiger partial charge on any atom is -0.482 e. The molecule has 1 saturated heterocycles. The third kappa shape index (κ3) is 10.2. The van der Waals surface area contributed by atoms with Gasteiger partial charge in [0.25, 0.3) is 5.88 Å². The Kier molecular flexibility index (Phi) is 11.9. The molecule has 0 saturated carbocycles. The molecule has 6 aromatic rings. The molecule has 0 aliphatic carbocycles. The first kappa shape index (κ1) is 38.4. The predicted molar refractivity (Wildman–Crippen MR) is 218 cm³/mol. The monoisotopic (exact) mass is 756 g/mol. The Morgan fingerprint density at radius 3 is 1.79 bits per heavy atom. The molecule has 1 aliphatic rings. The molecule has 0 spiro atoms. The smallest absolute Gasteiger partial charge is 0.419 e. The standard InChI is InChI=1S/C48H44N4O5/c1-48(2,3)57-47(54)52-43(41-27-25-36(26-28-41)20-19-35-21-23-38(24-22-35)29-37-13-7-4-8-14-37)31-51(46(52)53)30-42-44(55-32-39-15-9-5-10-16-39)45(50-34-49-42)56-33-40-17-11-6-12-18-40/h4-18,21-28,34,43H,29-33H2,1-3H3. The number of ether oxygens (including phenoxy) is 3. The van der Waals surface area contributed by atoms with Gasteiger partial charge in [-0.2, -0.15) is 4.98 Å². The Bertz CT molecular complexity index is 2340. The summed E-state index contributed by atoms with van der Waals surface area (Å²) in [5.41, 5.74) is 6.50. The van der Waals surface area contributed by atoms with Crippen molar-refractivity contribution in [3.8, 4) is 23.5 Å². The van der Waals surface area contributed by atoms with E-state index in [0.717, 1.165) is 34.2 Å². The Labute approximate surface area is 333 Å². The van der Waals surface area contributed by atoms with Crippen LogP contribution in [0.1, 0.15) is 71.5 Å². The van der Waals surface area contributed by atoms with E-state index in [1.54, 1.807) is 25.7 Å². The molecule has 7 rings (SSSR count). The van der Waals surface area contributed by atoms with Crippen molar-refractivity contribution in [2.24, 2.45) is 0 Å². The highest BCUT2D eigenvalue weighted by atomic mass is 16.6. The van der Waals surface area contributed by atoms with Crippen LogP contribution in [-0.4, -0.2) is 44.0 Å². The highest BCUT2D eigenvalue weighted by molar-refractivity contribution is 5.93. The van der Waals surface area contributed by atoms with Gasteiger partial charge in [0.1, 0.15) is 30.8 Å². The molecule has 9 heteroatoms. The number of amides is 3. The van der Waals surface area contributed by atoms with Gasteiger partial charge in [-0.15, -0.1) is 0 Å². The molecule has 1 unspecified atom stereocenters. The molecule has 1 aromatic heterocycles. The molecule has 3 amide bonds. The van der Waals surface area contributed by atoms with Crippen LogP contribution in [0.5, 0.6) is 11.6 Å². The zero-order valence-corrected chi connectivity index (χ0v) is 32.3. The molecule has 0 radical (unpaired) electrons. The van der Waals surface area contributed by atoms with E-state index in [2.05, 4.69) is 58.2 Å². The fourth-order valence-electron chi connectivity index (χ4n) is 6.42. The van der Waals surface area contributed by atoms with Gasteiger partial charge in [0.05, 0.1) is 12.6 Å². The van der Waals surface area contributed by atoms with Gasteiger partial charge in [0.15, 0.2) is 0 Å². The molecule has 1 aliphatic heterocycles. The van der Waals surface area contributed by atoms with Crippen LogP contribution in [-0.2, 0) is 30.9 Å². The molecule has 1 fully saturated rings. The summed E-state index contributed by atoms with van der Waals surface area (Å²) in [7, 11) is 0. The second kappa shape index (κ2) is 17.7. The van der Waals surface area contributed by atoms with Gasteiger partial charge < -0.3 is 19.1 Å². The summed E-state index contributed by atoms with van der Waals surface area (Å²) >= 11 is 0. The number of carbonyl (C=O) groups is 2. The van der Waals surface area contributed by atoms with Crippen LogP contribution in [0.2, 0.25) is 0 Å². The topological polar surface area (TPSA) is 94.1 Å². The Morgan fingerprint density at radius 2 is 1.21 bits per heavy atom. The Balaban J connectivity index is 1.11. The van der Waals surface area contributed by atoms with Crippen molar-refractivity contribution < 1.29 is 23.8 Å². The Hall–Kier alpha value is -6.92. The van der Waals surface area contributed by atoms with Crippen molar-refractivity contribution >= 4 is 12.1 Å². The van der Waals surface area contributed by atoms with Crippen LogP contribution in [0.25, 0.3) is 0 Å². The minimum atomic E-state index is -0.815. The average molecular weight is 757 g/mol. The number of hydrogen-bond acceptors (Lipinski definition) is 7. The zero-order chi connectivity index (χ0) is 39.6. The van der Waals surface area contributed by atoms with E-state index in [-0.39, 0.29) is 32.2 Å². The van der Waals surface area contributed by atoms with Gasteiger partial charge in [-0.05, 0) is 79.3 Å². The summed E-state index contributed by atoms with van der Waals surface area (Å²) in [5, 5.41) is 0. The summed E-state index contributed by atoms with van der Waals surface area (Å²) in [5.74, 6) is 7.08. The second-order valence-electron chi connectivity index (χ2n) is 14.8. The third-order valence-corrected chi connectivity index (χ3v) is 9.25. The maximum atomic E-state index is 14.2. The number of hydrogen-bond donors (Lipinski definition) is 0. The van der Waals surface area contributed by atoms with Gasteiger partial charge in [0.2, 0.25) is 5.75 Å². The first-order valence-corrected chi connectivity index (χ1v) is 18.9. The maximum Gasteiger partial charge on any atom is 0.419 e. The molecule has 9 nitrogen and oxygen atoms in total. The number of imide groups is 1. The van der Waals surface area contributed by atoms with E-state index in [4.69, 9.17) is 14.2 Å². The van der Waals surface area contributed by atoms with Crippen molar-refractivity contribution in [1.29, 1.82) is 0 Å². The predicted octanol–water partition coefficient (Wildman–Crippen LogP) is 9.54. The normalized spacial score (nSPS) is 13.8. The molecule has 0 N–H and O–H groups in total. The van der Waals surface area contributed by atoms with E-state index < -0.39 is 23.8 Å².